The first-order valence-corrected chi connectivity index (χ1v) is 11.3. The first-order chi connectivity index (χ1) is 13.8. The van der Waals surface area contributed by atoms with Crippen LogP contribution in [0.4, 0.5) is 5.69 Å². The molecule has 2 aromatic carbocycles. The maximum absolute atomic E-state index is 12.8. The molecule has 2 N–H and O–H groups in total. The molecule has 0 unspecified atom stereocenters. The van der Waals surface area contributed by atoms with Gasteiger partial charge in [0, 0.05) is 18.7 Å². The molecule has 0 radical (unpaired) electrons. The zero-order chi connectivity index (χ0) is 20.9. The van der Waals surface area contributed by atoms with Crippen molar-refractivity contribution in [1.82, 2.24) is 4.72 Å². The van der Waals surface area contributed by atoms with E-state index in [1.54, 1.807) is 12.1 Å². The van der Waals surface area contributed by atoms with Crippen LogP contribution in [0.3, 0.4) is 0 Å². The number of benzene rings is 2. The Bertz CT molecular complexity index is 982. The van der Waals surface area contributed by atoms with Crippen LogP contribution in [-0.2, 0) is 20.2 Å². The molecule has 3 rings (SSSR count). The highest BCUT2D eigenvalue weighted by atomic mass is 32.2. The molecular weight excluding hydrogens is 386 g/mol. The average Bonchev–Trinajstić information content (AvgIpc) is 2.97. The number of aliphatic imine (C=N–C) groups is 1. The van der Waals surface area contributed by atoms with Crippen LogP contribution in [0.25, 0.3) is 0 Å². The predicted molar refractivity (Wildman–Crippen MR) is 116 cm³/mol. The largest absolute Gasteiger partial charge is 0.325 e. The standard InChI is InChI=1S/C22H27N3O3S/c1-22(2,17-9-5-3-6-10-17)21(26)24-18-12-14-19(15-13-18)29(27,28)25-20-11-7-4-8-16-23-20/h3,5-6,9-10,12-15H,4,7-8,11,16H2,1-2H3,(H,23,25)(H,24,26). The van der Waals surface area contributed by atoms with E-state index in [4.69, 9.17) is 0 Å². The van der Waals surface area contributed by atoms with Gasteiger partial charge >= 0.3 is 0 Å². The predicted octanol–water partition coefficient (Wildman–Crippen LogP) is 3.85. The Kier molecular flexibility index (Phi) is 6.37. The molecule has 0 aliphatic carbocycles. The molecule has 0 spiro atoms. The van der Waals surface area contributed by atoms with Crippen LogP contribution in [-0.4, -0.2) is 26.7 Å². The topological polar surface area (TPSA) is 87.6 Å². The maximum atomic E-state index is 12.8. The Hall–Kier alpha value is -2.67. The molecule has 1 heterocycles. The minimum Gasteiger partial charge on any atom is -0.325 e. The Balaban J connectivity index is 1.69. The van der Waals surface area contributed by atoms with Gasteiger partial charge in [0.25, 0.3) is 10.0 Å². The van der Waals surface area contributed by atoms with Crippen LogP contribution in [0.1, 0.15) is 45.1 Å². The molecule has 0 bridgehead atoms. The van der Waals surface area contributed by atoms with Crippen LogP contribution in [0, 0.1) is 0 Å². The van der Waals surface area contributed by atoms with Gasteiger partial charge in [0.1, 0.15) is 5.84 Å². The number of amides is 1. The highest BCUT2D eigenvalue weighted by Gasteiger charge is 2.29. The first kappa shape index (κ1) is 21.0. The summed E-state index contributed by atoms with van der Waals surface area (Å²) in [5.41, 5.74) is 0.736. The van der Waals surface area contributed by atoms with Crippen molar-refractivity contribution in [2.45, 2.75) is 49.8 Å². The number of sulfonamides is 1. The van der Waals surface area contributed by atoms with Gasteiger partial charge in [0.05, 0.1) is 10.3 Å². The Morgan fingerprint density at radius 2 is 1.66 bits per heavy atom. The second kappa shape index (κ2) is 8.78. The van der Waals surface area contributed by atoms with Crippen LogP contribution >= 0.6 is 0 Å². The van der Waals surface area contributed by atoms with Gasteiger partial charge in [0.15, 0.2) is 0 Å². The molecule has 7 heteroatoms. The van der Waals surface area contributed by atoms with Crippen molar-refractivity contribution in [2.24, 2.45) is 4.99 Å². The van der Waals surface area contributed by atoms with Gasteiger partial charge in [-0.3, -0.25) is 14.5 Å². The van der Waals surface area contributed by atoms with E-state index in [1.165, 1.54) is 12.1 Å². The second-order valence-electron chi connectivity index (χ2n) is 7.71. The molecule has 0 atom stereocenters. The fraction of sp³-hybridized carbons (Fsp3) is 0.364. The summed E-state index contributed by atoms with van der Waals surface area (Å²) in [7, 11) is -3.69. The van der Waals surface area contributed by atoms with E-state index < -0.39 is 15.4 Å². The highest BCUT2D eigenvalue weighted by Crippen LogP contribution is 2.25. The molecular formula is C22H27N3O3S. The van der Waals surface area contributed by atoms with Gasteiger partial charge in [0.2, 0.25) is 5.91 Å². The average molecular weight is 414 g/mol. The minimum absolute atomic E-state index is 0.143. The summed E-state index contributed by atoms with van der Waals surface area (Å²) in [5, 5.41) is 2.87. The van der Waals surface area contributed by atoms with Gasteiger partial charge in [-0.25, -0.2) is 8.42 Å². The van der Waals surface area contributed by atoms with Crippen molar-refractivity contribution in [2.75, 3.05) is 11.9 Å². The molecule has 1 amide bonds. The lowest BCUT2D eigenvalue weighted by atomic mass is 9.83. The third kappa shape index (κ3) is 5.23. The number of carbonyl (C=O) groups is 1. The van der Waals surface area contributed by atoms with E-state index in [1.807, 2.05) is 44.2 Å². The number of anilines is 1. The van der Waals surface area contributed by atoms with Gasteiger partial charge in [-0.05, 0) is 56.5 Å². The van der Waals surface area contributed by atoms with E-state index in [2.05, 4.69) is 15.0 Å². The normalized spacial score (nSPS) is 15.2. The SMILES string of the molecule is CC(C)(C(=O)Nc1ccc(S(=O)(=O)NC2=NCCCCC2)cc1)c1ccccc1. The minimum atomic E-state index is -3.69. The number of rotatable bonds is 5. The van der Waals surface area contributed by atoms with E-state index >= 15 is 0 Å². The fourth-order valence-electron chi connectivity index (χ4n) is 3.16. The van der Waals surface area contributed by atoms with Crippen molar-refractivity contribution in [3.05, 3.63) is 60.2 Å². The zero-order valence-corrected chi connectivity index (χ0v) is 17.6. The van der Waals surface area contributed by atoms with Gasteiger partial charge < -0.3 is 5.32 Å². The van der Waals surface area contributed by atoms with Crippen molar-refractivity contribution in [3.8, 4) is 0 Å². The summed E-state index contributed by atoms with van der Waals surface area (Å²) in [5.74, 6) is 0.356. The molecule has 6 nitrogen and oxygen atoms in total. The third-order valence-electron chi connectivity index (χ3n) is 5.11. The fourth-order valence-corrected chi connectivity index (χ4v) is 4.25. The number of hydrogen-bond acceptors (Lipinski definition) is 4. The third-order valence-corrected chi connectivity index (χ3v) is 6.51. The summed E-state index contributed by atoms with van der Waals surface area (Å²) in [6.45, 7) is 4.36. The van der Waals surface area contributed by atoms with Gasteiger partial charge in [-0.1, -0.05) is 36.8 Å². The monoisotopic (exact) mass is 413 g/mol. The van der Waals surface area contributed by atoms with Crippen molar-refractivity contribution < 1.29 is 13.2 Å². The van der Waals surface area contributed by atoms with Crippen LogP contribution in [0.5, 0.6) is 0 Å². The number of nitrogens with zero attached hydrogens (tertiary/aromatic N) is 1. The van der Waals surface area contributed by atoms with Crippen LogP contribution < -0.4 is 10.0 Å². The number of nitrogens with one attached hydrogen (secondary N) is 2. The molecule has 0 aromatic heterocycles. The quantitative estimate of drug-likeness (QED) is 0.780. The molecule has 0 fully saturated rings. The lowest BCUT2D eigenvalue weighted by Gasteiger charge is -2.24. The van der Waals surface area contributed by atoms with Crippen LogP contribution in [0.15, 0.2) is 64.5 Å². The number of hydrogen-bond donors (Lipinski definition) is 2. The van der Waals surface area contributed by atoms with E-state index in [9.17, 15) is 13.2 Å². The second-order valence-corrected chi connectivity index (χ2v) is 9.40. The maximum Gasteiger partial charge on any atom is 0.262 e. The summed E-state index contributed by atoms with van der Waals surface area (Å²) < 4.78 is 27.8. The molecule has 1 aliphatic rings. The smallest absolute Gasteiger partial charge is 0.262 e. The summed E-state index contributed by atoms with van der Waals surface area (Å²) >= 11 is 0. The number of amidine groups is 1. The van der Waals surface area contributed by atoms with E-state index in [0.717, 1.165) is 24.8 Å². The Labute approximate surface area is 172 Å². The molecule has 29 heavy (non-hydrogen) atoms. The zero-order valence-electron chi connectivity index (χ0n) is 16.8. The Morgan fingerprint density at radius 1 is 0.966 bits per heavy atom. The molecule has 0 saturated heterocycles. The summed E-state index contributed by atoms with van der Waals surface area (Å²) in [4.78, 5) is 17.2. The Morgan fingerprint density at radius 3 is 2.34 bits per heavy atom. The van der Waals surface area contributed by atoms with Crippen molar-refractivity contribution >= 4 is 27.5 Å². The summed E-state index contributed by atoms with van der Waals surface area (Å²) in [6, 6.07) is 15.7. The van der Waals surface area contributed by atoms with Crippen molar-refractivity contribution in [1.29, 1.82) is 0 Å². The first-order valence-electron chi connectivity index (χ1n) is 9.82. The van der Waals surface area contributed by atoms with Gasteiger partial charge in [-0.15, -0.1) is 0 Å². The molecule has 1 aliphatic heterocycles. The van der Waals surface area contributed by atoms with Crippen molar-refractivity contribution in [3.63, 3.8) is 0 Å². The molecule has 2 aromatic rings. The molecule has 0 saturated carbocycles. The highest BCUT2D eigenvalue weighted by molar-refractivity contribution is 7.90. The van der Waals surface area contributed by atoms with E-state index in [-0.39, 0.29) is 10.8 Å². The lowest BCUT2D eigenvalue weighted by Crippen LogP contribution is -2.34. The lowest BCUT2D eigenvalue weighted by molar-refractivity contribution is -0.120. The van der Waals surface area contributed by atoms with Gasteiger partial charge in [-0.2, -0.15) is 0 Å². The summed E-state index contributed by atoms with van der Waals surface area (Å²) in [6.07, 6.45) is 3.62. The number of carbonyl (C=O) groups excluding carboxylic acids is 1. The van der Waals surface area contributed by atoms with E-state index in [0.29, 0.717) is 24.5 Å². The van der Waals surface area contributed by atoms with Crippen LogP contribution in [0.2, 0.25) is 0 Å². The molecule has 154 valence electrons.